The molecule has 6 nitrogen and oxygen atoms in total. The van der Waals surface area contributed by atoms with Crippen LogP contribution in [0.4, 0.5) is 0 Å². The molecule has 114 valence electrons. The average Bonchev–Trinajstić information content (AvgIpc) is 2.35. The molecule has 1 aromatic rings. The molecule has 2 N–H and O–H groups in total. The predicted molar refractivity (Wildman–Crippen MR) is 77.1 cm³/mol. The summed E-state index contributed by atoms with van der Waals surface area (Å²) in [7, 11) is -4.03. The Morgan fingerprint density at radius 3 is 2.38 bits per heavy atom. The van der Waals surface area contributed by atoms with Crippen LogP contribution in [0.5, 0.6) is 0 Å². The molecule has 0 aromatic heterocycles. The molecule has 0 aliphatic heterocycles. The summed E-state index contributed by atoms with van der Waals surface area (Å²) in [5.41, 5.74) is -0.150. The molecule has 0 saturated carbocycles. The Labute approximate surface area is 124 Å². The van der Waals surface area contributed by atoms with Gasteiger partial charge in [-0.1, -0.05) is 26.8 Å². The average molecular weight is 310 g/mol. The molecule has 21 heavy (non-hydrogen) atoms. The Morgan fingerprint density at radius 1 is 1.38 bits per heavy atom. The van der Waals surface area contributed by atoms with E-state index in [9.17, 15) is 18.3 Å². The molecule has 1 atom stereocenters. The van der Waals surface area contributed by atoms with Gasteiger partial charge in [0.15, 0.2) is 0 Å². The van der Waals surface area contributed by atoms with E-state index in [1.54, 1.807) is 27.7 Å². The van der Waals surface area contributed by atoms with E-state index in [0.717, 1.165) is 0 Å². The van der Waals surface area contributed by atoms with E-state index in [-0.39, 0.29) is 10.5 Å². The second-order valence-corrected chi connectivity index (χ2v) is 7.53. The highest BCUT2D eigenvalue weighted by molar-refractivity contribution is 7.89. The molecule has 7 heteroatoms. The van der Waals surface area contributed by atoms with Crippen molar-refractivity contribution in [3.05, 3.63) is 29.3 Å². The number of carbonyl (C=O) groups is 1. The smallest absolute Gasteiger partial charge is 0.322 e. The zero-order valence-corrected chi connectivity index (χ0v) is 13.2. The lowest BCUT2D eigenvalue weighted by Crippen LogP contribution is -2.49. The first-order valence-corrected chi connectivity index (χ1v) is 7.73. The van der Waals surface area contributed by atoms with Gasteiger partial charge in [0, 0.05) is 0 Å². The molecular weight excluding hydrogens is 292 g/mol. The van der Waals surface area contributed by atoms with Crippen LogP contribution in [0.3, 0.4) is 0 Å². The van der Waals surface area contributed by atoms with Gasteiger partial charge in [0.2, 0.25) is 10.0 Å². The van der Waals surface area contributed by atoms with E-state index in [4.69, 9.17) is 5.26 Å². The Hall–Kier alpha value is -1.91. The minimum Gasteiger partial charge on any atom is -0.480 e. The molecule has 0 aliphatic rings. The largest absolute Gasteiger partial charge is 0.480 e. The van der Waals surface area contributed by atoms with Gasteiger partial charge in [-0.3, -0.25) is 4.79 Å². The van der Waals surface area contributed by atoms with Gasteiger partial charge >= 0.3 is 5.97 Å². The van der Waals surface area contributed by atoms with E-state index in [1.807, 2.05) is 6.07 Å². The minimum atomic E-state index is -4.03. The van der Waals surface area contributed by atoms with Gasteiger partial charge < -0.3 is 5.11 Å². The molecule has 0 spiro atoms. The standard InChI is InChI=1S/C14H18N2O4S/c1-9-5-6-10(8-15)7-11(9)21(19,20)16-12(13(17)18)14(2,3)4/h5-7,12,16H,1-4H3,(H,17,18)/t12-/m0/s1. The maximum absolute atomic E-state index is 12.4. The number of aryl methyl sites for hydroxylation is 1. The molecule has 0 aliphatic carbocycles. The van der Waals surface area contributed by atoms with Gasteiger partial charge in [0.05, 0.1) is 16.5 Å². The number of carboxylic acids is 1. The molecular formula is C14H18N2O4S. The molecule has 0 amide bonds. The van der Waals surface area contributed by atoms with Crippen molar-refractivity contribution in [2.75, 3.05) is 0 Å². The summed E-state index contributed by atoms with van der Waals surface area (Å²) in [4.78, 5) is 11.2. The second kappa shape index (κ2) is 5.84. The van der Waals surface area contributed by atoms with Crippen molar-refractivity contribution in [3.63, 3.8) is 0 Å². The molecule has 0 bridgehead atoms. The summed E-state index contributed by atoms with van der Waals surface area (Å²) in [5.74, 6) is -1.25. The van der Waals surface area contributed by atoms with E-state index < -0.39 is 27.4 Å². The zero-order valence-electron chi connectivity index (χ0n) is 12.3. The number of hydrogen-bond donors (Lipinski definition) is 2. The SMILES string of the molecule is Cc1ccc(C#N)cc1S(=O)(=O)N[C@@H](C(=O)O)C(C)(C)C. The number of rotatable bonds is 4. The van der Waals surface area contributed by atoms with Crippen LogP contribution in [-0.4, -0.2) is 25.5 Å². The number of benzene rings is 1. The van der Waals surface area contributed by atoms with Gasteiger partial charge in [-0.05, 0) is 30.0 Å². The Morgan fingerprint density at radius 2 is 1.95 bits per heavy atom. The summed E-state index contributed by atoms with van der Waals surface area (Å²) < 4.78 is 27.0. The third-order valence-electron chi connectivity index (χ3n) is 2.99. The van der Waals surface area contributed by atoms with Crippen molar-refractivity contribution in [1.82, 2.24) is 4.72 Å². The predicted octanol–water partition coefficient (Wildman–Crippen LogP) is 1.64. The summed E-state index contributed by atoms with van der Waals surface area (Å²) in [6, 6.07) is 4.85. The van der Waals surface area contributed by atoms with Gasteiger partial charge in [-0.2, -0.15) is 9.98 Å². The molecule has 0 fully saturated rings. The lowest BCUT2D eigenvalue weighted by Gasteiger charge is -2.27. The number of sulfonamides is 1. The quantitative estimate of drug-likeness (QED) is 0.879. The minimum absolute atomic E-state index is 0.0861. The van der Waals surface area contributed by atoms with Crippen LogP contribution >= 0.6 is 0 Å². The first-order chi connectivity index (χ1) is 9.49. The van der Waals surface area contributed by atoms with Gasteiger partial charge in [-0.15, -0.1) is 0 Å². The molecule has 1 rings (SSSR count). The molecule has 0 radical (unpaired) electrons. The lowest BCUT2D eigenvalue weighted by atomic mass is 9.88. The van der Waals surface area contributed by atoms with Crippen molar-refractivity contribution < 1.29 is 18.3 Å². The van der Waals surface area contributed by atoms with Crippen LogP contribution < -0.4 is 4.72 Å². The van der Waals surface area contributed by atoms with Crippen LogP contribution in [0, 0.1) is 23.7 Å². The highest BCUT2D eigenvalue weighted by Gasteiger charge is 2.35. The van der Waals surface area contributed by atoms with E-state index in [0.29, 0.717) is 5.56 Å². The van der Waals surface area contributed by atoms with Crippen LogP contribution in [0.1, 0.15) is 31.9 Å². The summed E-state index contributed by atoms with van der Waals surface area (Å²) in [6.07, 6.45) is 0. The van der Waals surface area contributed by atoms with Gasteiger partial charge in [0.1, 0.15) is 6.04 Å². The fraction of sp³-hybridized carbons (Fsp3) is 0.429. The van der Waals surface area contributed by atoms with Crippen LogP contribution in [0.2, 0.25) is 0 Å². The third-order valence-corrected chi connectivity index (χ3v) is 4.56. The van der Waals surface area contributed by atoms with Crippen LogP contribution in [0.25, 0.3) is 0 Å². The van der Waals surface area contributed by atoms with Crippen molar-refractivity contribution in [2.45, 2.75) is 38.6 Å². The van der Waals surface area contributed by atoms with E-state index >= 15 is 0 Å². The maximum Gasteiger partial charge on any atom is 0.322 e. The normalized spacial score (nSPS) is 13.5. The number of nitriles is 1. The van der Waals surface area contributed by atoms with Crippen molar-refractivity contribution in [3.8, 4) is 6.07 Å². The highest BCUT2D eigenvalue weighted by Crippen LogP contribution is 2.23. The number of carboxylic acid groups (broad SMARTS) is 1. The monoisotopic (exact) mass is 310 g/mol. The van der Waals surface area contributed by atoms with Crippen LogP contribution in [0.15, 0.2) is 23.1 Å². The summed E-state index contributed by atoms with van der Waals surface area (Å²) >= 11 is 0. The fourth-order valence-electron chi connectivity index (χ4n) is 1.78. The number of nitrogens with zero attached hydrogens (tertiary/aromatic N) is 1. The zero-order chi connectivity index (χ0) is 16.4. The fourth-order valence-corrected chi connectivity index (χ4v) is 3.44. The number of aliphatic carboxylic acids is 1. The Bertz CT molecular complexity index is 697. The Kier molecular flexibility index (Phi) is 4.76. The summed E-state index contributed by atoms with van der Waals surface area (Å²) in [5, 5.41) is 18.1. The maximum atomic E-state index is 12.4. The van der Waals surface area contributed by atoms with E-state index in [2.05, 4.69) is 4.72 Å². The molecule has 1 aromatic carbocycles. The van der Waals surface area contributed by atoms with Gasteiger partial charge in [-0.25, -0.2) is 8.42 Å². The van der Waals surface area contributed by atoms with E-state index in [1.165, 1.54) is 18.2 Å². The Balaban J connectivity index is 3.30. The second-order valence-electron chi connectivity index (χ2n) is 5.85. The van der Waals surface area contributed by atoms with Crippen molar-refractivity contribution in [1.29, 1.82) is 5.26 Å². The molecule has 0 unspecified atom stereocenters. The van der Waals surface area contributed by atoms with Crippen LogP contribution in [-0.2, 0) is 14.8 Å². The molecule has 0 heterocycles. The lowest BCUT2D eigenvalue weighted by molar-refractivity contribution is -0.141. The summed E-state index contributed by atoms with van der Waals surface area (Å²) in [6.45, 7) is 6.48. The van der Waals surface area contributed by atoms with Crippen molar-refractivity contribution in [2.24, 2.45) is 5.41 Å². The first kappa shape index (κ1) is 17.1. The molecule has 0 saturated heterocycles. The topological polar surface area (TPSA) is 107 Å². The van der Waals surface area contributed by atoms with Crippen molar-refractivity contribution >= 4 is 16.0 Å². The van der Waals surface area contributed by atoms with Gasteiger partial charge in [0.25, 0.3) is 0 Å². The highest BCUT2D eigenvalue weighted by atomic mass is 32.2. The number of nitrogens with one attached hydrogen (secondary N) is 1. The third kappa shape index (κ3) is 4.03. The number of hydrogen-bond acceptors (Lipinski definition) is 4. The first-order valence-electron chi connectivity index (χ1n) is 6.25.